The number of nitrogens with one attached hydrogen (secondary N) is 1. The maximum absolute atomic E-state index is 5.76. The summed E-state index contributed by atoms with van der Waals surface area (Å²) in [6.45, 7) is 11.5. The van der Waals surface area contributed by atoms with Gasteiger partial charge in [-0.05, 0) is 45.7 Å². The van der Waals surface area contributed by atoms with Gasteiger partial charge in [0.15, 0.2) is 5.96 Å². The molecule has 1 aromatic carbocycles. The van der Waals surface area contributed by atoms with Crippen LogP contribution in [0.25, 0.3) is 11.0 Å². The summed E-state index contributed by atoms with van der Waals surface area (Å²) >= 11 is 0. The highest BCUT2D eigenvalue weighted by molar-refractivity contribution is 5.80. The molecule has 6 nitrogen and oxygen atoms in total. The molecule has 0 atom stereocenters. The van der Waals surface area contributed by atoms with Crippen molar-refractivity contribution in [3.63, 3.8) is 0 Å². The second-order valence-electron chi connectivity index (χ2n) is 6.68. The molecule has 1 saturated heterocycles. The standard InChI is InChI=1S/C20H31N5O/c1-4-21-20(24-13-10-17(11-14-24)26-5-2)22-12-15-25-16(3)23-18-8-6-7-9-19(18)25/h6-9,17H,4-5,10-15H2,1-3H3,(H,21,22). The highest BCUT2D eigenvalue weighted by Gasteiger charge is 2.21. The minimum absolute atomic E-state index is 0.402. The molecule has 0 unspecified atom stereocenters. The molecular weight excluding hydrogens is 326 g/mol. The van der Waals surface area contributed by atoms with E-state index in [-0.39, 0.29) is 0 Å². The Bertz CT molecular complexity index is 731. The van der Waals surface area contributed by atoms with Crippen molar-refractivity contribution in [3.05, 3.63) is 30.1 Å². The molecule has 142 valence electrons. The van der Waals surface area contributed by atoms with Gasteiger partial charge in [0.25, 0.3) is 0 Å². The summed E-state index contributed by atoms with van der Waals surface area (Å²) < 4.78 is 8.01. The normalized spacial score (nSPS) is 16.4. The quantitative estimate of drug-likeness (QED) is 0.638. The van der Waals surface area contributed by atoms with Crippen molar-refractivity contribution in [2.75, 3.05) is 32.8 Å². The van der Waals surface area contributed by atoms with Gasteiger partial charge in [0.1, 0.15) is 5.82 Å². The van der Waals surface area contributed by atoms with E-state index in [1.807, 2.05) is 6.07 Å². The van der Waals surface area contributed by atoms with Gasteiger partial charge < -0.3 is 19.5 Å². The first-order chi connectivity index (χ1) is 12.7. The van der Waals surface area contributed by atoms with Crippen LogP contribution in [0.1, 0.15) is 32.5 Å². The van der Waals surface area contributed by atoms with Gasteiger partial charge in [-0.3, -0.25) is 4.99 Å². The molecule has 1 aromatic heterocycles. The third-order valence-electron chi connectivity index (χ3n) is 4.91. The van der Waals surface area contributed by atoms with Gasteiger partial charge in [-0.25, -0.2) is 4.98 Å². The third kappa shape index (κ3) is 4.36. The number of benzene rings is 1. The molecule has 2 heterocycles. The zero-order chi connectivity index (χ0) is 18.4. The predicted octanol–water partition coefficient (Wildman–Crippen LogP) is 2.81. The predicted molar refractivity (Wildman–Crippen MR) is 107 cm³/mol. The number of rotatable bonds is 6. The first-order valence-electron chi connectivity index (χ1n) is 9.79. The molecule has 0 amide bonds. The molecule has 0 aliphatic carbocycles. The van der Waals surface area contributed by atoms with Crippen LogP contribution < -0.4 is 5.32 Å². The molecule has 0 saturated carbocycles. The van der Waals surface area contributed by atoms with Crippen LogP contribution in [0.15, 0.2) is 29.3 Å². The van der Waals surface area contributed by atoms with Crippen molar-refractivity contribution in [2.24, 2.45) is 4.99 Å². The lowest BCUT2D eigenvalue weighted by Crippen LogP contribution is -2.47. The van der Waals surface area contributed by atoms with E-state index < -0.39 is 0 Å². The Morgan fingerprint density at radius 1 is 1.27 bits per heavy atom. The van der Waals surface area contributed by atoms with E-state index in [2.05, 4.69) is 58.7 Å². The van der Waals surface area contributed by atoms with Crippen LogP contribution in [0.2, 0.25) is 0 Å². The van der Waals surface area contributed by atoms with Crippen molar-refractivity contribution in [1.82, 2.24) is 19.8 Å². The molecule has 0 bridgehead atoms. The van der Waals surface area contributed by atoms with Crippen LogP contribution in [0.3, 0.4) is 0 Å². The number of fused-ring (bicyclic) bond motifs is 1. The van der Waals surface area contributed by atoms with Crippen LogP contribution in [-0.2, 0) is 11.3 Å². The van der Waals surface area contributed by atoms with Gasteiger partial charge in [0, 0.05) is 32.8 Å². The number of imidazole rings is 1. The van der Waals surface area contributed by atoms with Crippen LogP contribution in [0.5, 0.6) is 0 Å². The van der Waals surface area contributed by atoms with E-state index in [0.29, 0.717) is 6.10 Å². The van der Waals surface area contributed by atoms with E-state index in [4.69, 9.17) is 9.73 Å². The van der Waals surface area contributed by atoms with Crippen molar-refractivity contribution < 1.29 is 4.74 Å². The number of likely N-dealkylation sites (tertiary alicyclic amines) is 1. The number of nitrogens with zero attached hydrogens (tertiary/aromatic N) is 4. The van der Waals surface area contributed by atoms with Gasteiger partial charge in [-0.1, -0.05) is 12.1 Å². The van der Waals surface area contributed by atoms with Gasteiger partial charge in [-0.2, -0.15) is 0 Å². The second-order valence-corrected chi connectivity index (χ2v) is 6.68. The largest absolute Gasteiger partial charge is 0.378 e. The summed E-state index contributed by atoms with van der Waals surface area (Å²) in [5.74, 6) is 2.06. The second kappa shape index (κ2) is 9.03. The van der Waals surface area contributed by atoms with Crippen LogP contribution >= 0.6 is 0 Å². The van der Waals surface area contributed by atoms with Crippen molar-refractivity contribution in [1.29, 1.82) is 0 Å². The highest BCUT2D eigenvalue weighted by Crippen LogP contribution is 2.16. The Hall–Kier alpha value is -2.08. The van der Waals surface area contributed by atoms with Crippen LogP contribution in [-0.4, -0.2) is 59.3 Å². The number of ether oxygens (including phenoxy) is 1. The van der Waals surface area contributed by atoms with Crippen LogP contribution in [0, 0.1) is 6.92 Å². The molecule has 1 fully saturated rings. The number of para-hydroxylation sites is 2. The number of guanidine groups is 1. The van der Waals surface area contributed by atoms with E-state index in [1.54, 1.807) is 0 Å². The van der Waals surface area contributed by atoms with Crippen molar-refractivity contribution >= 4 is 17.0 Å². The Balaban J connectivity index is 1.63. The Morgan fingerprint density at radius 3 is 2.77 bits per heavy atom. The third-order valence-corrected chi connectivity index (χ3v) is 4.91. The zero-order valence-corrected chi connectivity index (χ0v) is 16.2. The number of aryl methyl sites for hydroxylation is 1. The van der Waals surface area contributed by atoms with E-state index in [0.717, 1.165) is 69.5 Å². The molecule has 26 heavy (non-hydrogen) atoms. The summed E-state index contributed by atoms with van der Waals surface area (Å²) in [7, 11) is 0. The van der Waals surface area contributed by atoms with Crippen molar-refractivity contribution in [3.8, 4) is 0 Å². The fourth-order valence-electron chi connectivity index (χ4n) is 3.63. The lowest BCUT2D eigenvalue weighted by atomic mass is 10.1. The van der Waals surface area contributed by atoms with Crippen LogP contribution in [0.4, 0.5) is 0 Å². The molecule has 0 radical (unpaired) electrons. The minimum atomic E-state index is 0.402. The average Bonchev–Trinajstić information content (AvgIpc) is 2.97. The number of aliphatic imine (C=N–C) groups is 1. The Kier molecular flexibility index (Phi) is 6.50. The highest BCUT2D eigenvalue weighted by atomic mass is 16.5. The first kappa shape index (κ1) is 18.7. The molecule has 1 aliphatic rings. The number of hydrogen-bond donors (Lipinski definition) is 1. The Labute approximate surface area is 156 Å². The summed E-state index contributed by atoms with van der Waals surface area (Å²) in [4.78, 5) is 11.9. The molecular formula is C20H31N5O. The molecule has 3 rings (SSSR count). The van der Waals surface area contributed by atoms with Gasteiger partial charge in [0.2, 0.25) is 0 Å². The SMILES string of the molecule is CCNC(=NCCn1c(C)nc2ccccc21)N1CCC(OCC)CC1. The van der Waals surface area contributed by atoms with E-state index >= 15 is 0 Å². The molecule has 1 aliphatic heterocycles. The smallest absolute Gasteiger partial charge is 0.193 e. The molecule has 1 N–H and O–H groups in total. The van der Waals surface area contributed by atoms with Gasteiger partial charge in [0.05, 0.1) is 23.7 Å². The zero-order valence-electron chi connectivity index (χ0n) is 16.2. The fraction of sp³-hybridized carbons (Fsp3) is 0.600. The lowest BCUT2D eigenvalue weighted by Gasteiger charge is -2.34. The Morgan fingerprint density at radius 2 is 2.04 bits per heavy atom. The molecule has 2 aromatic rings. The van der Waals surface area contributed by atoms with Crippen molar-refractivity contribution in [2.45, 2.75) is 46.3 Å². The monoisotopic (exact) mass is 357 g/mol. The van der Waals surface area contributed by atoms with Gasteiger partial charge >= 0.3 is 0 Å². The molecule has 0 spiro atoms. The first-order valence-corrected chi connectivity index (χ1v) is 9.79. The number of hydrogen-bond acceptors (Lipinski definition) is 3. The minimum Gasteiger partial charge on any atom is -0.378 e. The number of piperidine rings is 1. The summed E-state index contributed by atoms with van der Waals surface area (Å²) in [5, 5.41) is 3.44. The topological polar surface area (TPSA) is 54.7 Å². The fourth-order valence-corrected chi connectivity index (χ4v) is 3.63. The maximum Gasteiger partial charge on any atom is 0.193 e. The lowest BCUT2D eigenvalue weighted by molar-refractivity contribution is 0.0264. The number of aromatic nitrogens is 2. The summed E-state index contributed by atoms with van der Waals surface area (Å²) in [6, 6.07) is 8.29. The summed E-state index contributed by atoms with van der Waals surface area (Å²) in [6.07, 6.45) is 2.55. The average molecular weight is 358 g/mol. The van der Waals surface area contributed by atoms with Gasteiger partial charge in [-0.15, -0.1) is 0 Å². The summed E-state index contributed by atoms with van der Waals surface area (Å²) in [5.41, 5.74) is 2.24. The van der Waals surface area contributed by atoms with E-state index in [1.165, 1.54) is 5.52 Å². The maximum atomic E-state index is 5.76. The molecule has 6 heteroatoms. The van der Waals surface area contributed by atoms with E-state index in [9.17, 15) is 0 Å².